The minimum Gasteiger partial charge on any atom is -0.497 e. The monoisotopic (exact) mass is 322 g/mol. The van der Waals surface area contributed by atoms with Crippen molar-refractivity contribution in [2.45, 2.75) is 31.8 Å². The number of para-hydroxylation sites is 1. The van der Waals surface area contributed by atoms with E-state index < -0.39 is 0 Å². The molecule has 2 heterocycles. The van der Waals surface area contributed by atoms with E-state index in [2.05, 4.69) is 28.4 Å². The van der Waals surface area contributed by atoms with E-state index in [0.717, 1.165) is 43.8 Å². The first-order chi connectivity index (χ1) is 11.7. The van der Waals surface area contributed by atoms with Crippen molar-refractivity contribution >= 4 is 11.6 Å². The predicted molar refractivity (Wildman–Crippen MR) is 94.3 cm³/mol. The number of benzene rings is 2. The number of methoxy groups -OCH3 is 1. The molecule has 1 atom stereocenters. The van der Waals surface area contributed by atoms with Crippen LogP contribution in [0.25, 0.3) is 0 Å². The van der Waals surface area contributed by atoms with Crippen molar-refractivity contribution in [3.8, 4) is 5.75 Å². The lowest BCUT2D eigenvalue weighted by Gasteiger charge is -2.34. The van der Waals surface area contributed by atoms with E-state index >= 15 is 0 Å². The molecular weight excluding hydrogens is 300 g/mol. The summed E-state index contributed by atoms with van der Waals surface area (Å²) in [6.45, 7) is 1.73. The summed E-state index contributed by atoms with van der Waals surface area (Å²) in [5, 5.41) is 3.11. The Hall–Kier alpha value is -2.33. The number of nitrogens with zero attached hydrogens (tertiary/aromatic N) is 1. The van der Waals surface area contributed by atoms with Gasteiger partial charge in [0.05, 0.1) is 13.2 Å². The molecule has 4 heteroatoms. The van der Waals surface area contributed by atoms with E-state index in [1.165, 1.54) is 16.7 Å². The van der Waals surface area contributed by atoms with Crippen LogP contribution >= 0.6 is 0 Å². The van der Waals surface area contributed by atoms with E-state index in [1.807, 2.05) is 24.3 Å². The average molecular weight is 322 g/mol. The first-order valence-electron chi connectivity index (χ1n) is 8.53. The Kier molecular flexibility index (Phi) is 3.98. The highest BCUT2D eigenvalue weighted by molar-refractivity contribution is 5.96. The zero-order valence-electron chi connectivity index (χ0n) is 13.9. The molecule has 2 aliphatic rings. The number of nitrogens with one attached hydrogen (secondary N) is 1. The van der Waals surface area contributed by atoms with Crippen LogP contribution in [-0.2, 0) is 24.2 Å². The maximum Gasteiger partial charge on any atom is 0.241 e. The molecule has 2 aliphatic heterocycles. The predicted octanol–water partition coefficient (Wildman–Crippen LogP) is 3.01. The summed E-state index contributed by atoms with van der Waals surface area (Å²) in [4.78, 5) is 15.0. The lowest BCUT2D eigenvalue weighted by molar-refractivity contribution is -0.121. The normalized spacial score (nSPS) is 20.5. The quantitative estimate of drug-likeness (QED) is 0.924. The number of amides is 1. The van der Waals surface area contributed by atoms with E-state index in [4.69, 9.17) is 4.74 Å². The van der Waals surface area contributed by atoms with Crippen molar-refractivity contribution in [1.82, 2.24) is 4.90 Å². The Labute approximate surface area is 142 Å². The standard InChI is InChI=1S/C20H22N2O2/c1-24-17-8-6-14-10-11-22(13-16(14)12-17)19-9-7-15-4-2-3-5-18(15)21-20(19)23/h2-6,8,12,19H,7,9-11,13H2,1H3,(H,21,23). The summed E-state index contributed by atoms with van der Waals surface area (Å²) in [7, 11) is 1.69. The van der Waals surface area contributed by atoms with Gasteiger partial charge in [0.2, 0.25) is 5.91 Å². The largest absolute Gasteiger partial charge is 0.497 e. The average Bonchev–Trinajstić information content (AvgIpc) is 2.79. The Morgan fingerprint density at radius 2 is 1.96 bits per heavy atom. The minimum atomic E-state index is -0.0725. The van der Waals surface area contributed by atoms with E-state index in [0.29, 0.717) is 0 Å². The van der Waals surface area contributed by atoms with Crippen LogP contribution in [0, 0.1) is 0 Å². The topological polar surface area (TPSA) is 41.6 Å². The van der Waals surface area contributed by atoms with Gasteiger partial charge in [-0.15, -0.1) is 0 Å². The molecule has 1 N–H and O–H groups in total. The molecule has 1 amide bonds. The van der Waals surface area contributed by atoms with Crippen LogP contribution in [0.4, 0.5) is 5.69 Å². The number of carbonyl (C=O) groups is 1. The number of hydrogen-bond acceptors (Lipinski definition) is 3. The lowest BCUT2D eigenvalue weighted by atomic mass is 9.96. The van der Waals surface area contributed by atoms with Gasteiger partial charge in [0.25, 0.3) is 0 Å². The molecule has 0 saturated carbocycles. The molecule has 2 aromatic carbocycles. The van der Waals surface area contributed by atoms with Gasteiger partial charge in [-0.2, -0.15) is 0 Å². The Balaban J connectivity index is 1.55. The number of fused-ring (bicyclic) bond motifs is 2. The molecule has 0 bridgehead atoms. The van der Waals surface area contributed by atoms with Crippen LogP contribution in [0.1, 0.15) is 23.1 Å². The number of rotatable bonds is 2. The van der Waals surface area contributed by atoms with Crippen LogP contribution in [0.5, 0.6) is 5.75 Å². The third-order valence-corrected chi connectivity index (χ3v) is 5.16. The van der Waals surface area contributed by atoms with E-state index in [-0.39, 0.29) is 11.9 Å². The second-order valence-electron chi connectivity index (χ2n) is 6.56. The molecule has 1 unspecified atom stereocenters. The van der Waals surface area contributed by atoms with Crippen LogP contribution in [0.2, 0.25) is 0 Å². The highest BCUT2D eigenvalue weighted by Crippen LogP contribution is 2.28. The molecule has 0 spiro atoms. The molecule has 4 nitrogen and oxygen atoms in total. The molecule has 0 fully saturated rings. The third-order valence-electron chi connectivity index (χ3n) is 5.16. The summed E-state index contributed by atoms with van der Waals surface area (Å²) in [5.41, 5.74) is 4.83. The van der Waals surface area contributed by atoms with Crippen molar-refractivity contribution < 1.29 is 9.53 Å². The van der Waals surface area contributed by atoms with Crippen LogP contribution in [0.15, 0.2) is 42.5 Å². The van der Waals surface area contributed by atoms with Crippen molar-refractivity contribution in [1.29, 1.82) is 0 Å². The Morgan fingerprint density at radius 3 is 2.83 bits per heavy atom. The maximum absolute atomic E-state index is 12.7. The first kappa shape index (κ1) is 15.2. The molecule has 124 valence electrons. The zero-order valence-corrected chi connectivity index (χ0v) is 13.9. The van der Waals surface area contributed by atoms with Crippen LogP contribution in [0.3, 0.4) is 0 Å². The molecule has 0 aromatic heterocycles. The van der Waals surface area contributed by atoms with Gasteiger partial charge in [0.1, 0.15) is 5.75 Å². The summed E-state index contributed by atoms with van der Waals surface area (Å²) in [6, 6.07) is 14.3. The molecule has 0 aliphatic carbocycles. The van der Waals surface area contributed by atoms with Crippen LogP contribution in [-0.4, -0.2) is 30.5 Å². The van der Waals surface area contributed by atoms with Gasteiger partial charge < -0.3 is 10.1 Å². The fraction of sp³-hybridized carbons (Fsp3) is 0.350. The molecular formula is C20H22N2O2. The second-order valence-corrected chi connectivity index (χ2v) is 6.56. The highest BCUT2D eigenvalue weighted by Gasteiger charge is 2.31. The molecule has 0 radical (unpaired) electrons. The third kappa shape index (κ3) is 2.78. The van der Waals surface area contributed by atoms with Gasteiger partial charge in [-0.3, -0.25) is 9.69 Å². The van der Waals surface area contributed by atoms with Crippen molar-refractivity contribution in [2.75, 3.05) is 19.0 Å². The van der Waals surface area contributed by atoms with Gasteiger partial charge in [0.15, 0.2) is 0 Å². The van der Waals surface area contributed by atoms with Gasteiger partial charge in [0, 0.05) is 18.8 Å². The number of hydrogen-bond donors (Lipinski definition) is 1. The zero-order chi connectivity index (χ0) is 16.5. The van der Waals surface area contributed by atoms with Gasteiger partial charge in [-0.1, -0.05) is 24.3 Å². The first-order valence-corrected chi connectivity index (χ1v) is 8.53. The van der Waals surface area contributed by atoms with Crippen molar-refractivity contribution in [2.24, 2.45) is 0 Å². The highest BCUT2D eigenvalue weighted by atomic mass is 16.5. The second kappa shape index (κ2) is 6.29. The minimum absolute atomic E-state index is 0.0725. The van der Waals surface area contributed by atoms with Crippen LogP contribution < -0.4 is 10.1 Å². The summed E-state index contributed by atoms with van der Waals surface area (Å²) < 4.78 is 5.35. The fourth-order valence-corrected chi connectivity index (χ4v) is 3.80. The van der Waals surface area contributed by atoms with E-state index in [1.54, 1.807) is 7.11 Å². The smallest absolute Gasteiger partial charge is 0.241 e. The molecule has 2 aromatic rings. The maximum atomic E-state index is 12.7. The Morgan fingerprint density at radius 1 is 1.08 bits per heavy atom. The number of anilines is 1. The Bertz CT molecular complexity index is 772. The van der Waals surface area contributed by atoms with Crippen molar-refractivity contribution in [3.05, 3.63) is 59.2 Å². The summed E-state index contributed by atoms with van der Waals surface area (Å²) in [6.07, 6.45) is 2.78. The number of aryl methyl sites for hydroxylation is 1. The molecule has 4 rings (SSSR count). The van der Waals surface area contributed by atoms with Gasteiger partial charge in [-0.25, -0.2) is 0 Å². The van der Waals surface area contributed by atoms with Gasteiger partial charge >= 0.3 is 0 Å². The summed E-state index contributed by atoms with van der Waals surface area (Å²) in [5.74, 6) is 1.000. The number of carbonyl (C=O) groups excluding carboxylic acids is 1. The van der Waals surface area contributed by atoms with Crippen molar-refractivity contribution in [3.63, 3.8) is 0 Å². The van der Waals surface area contributed by atoms with Gasteiger partial charge in [-0.05, 0) is 54.2 Å². The SMILES string of the molecule is COc1ccc2c(c1)CN(C1CCc3ccccc3NC1=O)CC2. The summed E-state index contributed by atoms with van der Waals surface area (Å²) >= 11 is 0. The fourth-order valence-electron chi connectivity index (χ4n) is 3.80. The number of ether oxygens (including phenoxy) is 1. The van der Waals surface area contributed by atoms with E-state index in [9.17, 15) is 4.79 Å². The molecule has 24 heavy (non-hydrogen) atoms. The molecule has 0 saturated heterocycles. The lowest BCUT2D eigenvalue weighted by Crippen LogP contribution is -2.45.